The topological polar surface area (TPSA) is 38.1 Å². The van der Waals surface area contributed by atoms with Gasteiger partial charge in [-0.2, -0.15) is 5.10 Å². The summed E-state index contributed by atoms with van der Waals surface area (Å²) in [6, 6.07) is 7.79. The zero-order chi connectivity index (χ0) is 15.9. The van der Waals surface area contributed by atoms with Crippen molar-refractivity contribution in [1.29, 1.82) is 0 Å². The molecule has 116 valence electrons. The van der Waals surface area contributed by atoms with Crippen molar-refractivity contribution in [2.45, 2.75) is 46.2 Å². The van der Waals surface area contributed by atoms with E-state index < -0.39 is 0 Å². The average molecular weight is 297 g/mol. The molecule has 0 bridgehead atoms. The quantitative estimate of drug-likeness (QED) is 0.811. The van der Waals surface area contributed by atoms with Crippen LogP contribution in [-0.2, 0) is 18.5 Å². The van der Waals surface area contributed by atoms with Crippen molar-refractivity contribution in [3.8, 4) is 0 Å². The third-order valence-electron chi connectivity index (χ3n) is 4.16. The molecule has 0 saturated heterocycles. The molecule has 0 atom stereocenters. The fourth-order valence-electron chi connectivity index (χ4n) is 2.96. The number of nitrogens with zero attached hydrogens (tertiary/aromatic N) is 3. The van der Waals surface area contributed by atoms with Crippen LogP contribution < -0.4 is 0 Å². The Morgan fingerprint density at radius 1 is 1.18 bits per heavy atom. The fraction of sp³-hybridized carbons (Fsp3) is 0.444. The molecule has 0 radical (unpaired) electrons. The molecule has 1 aliphatic rings. The number of carbonyl (C=O) groups excluding carboxylic acids is 1. The van der Waals surface area contributed by atoms with Gasteiger partial charge in [0.05, 0.1) is 11.7 Å². The molecule has 1 aromatic heterocycles. The van der Waals surface area contributed by atoms with E-state index in [9.17, 15) is 4.79 Å². The van der Waals surface area contributed by atoms with Gasteiger partial charge >= 0.3 is 0 Å². The number of carbonyl (C=O) groups is 1. The van der Waals surface area contributed by atoms with Crippen molar-refractivity contribution in [1.82, 2.24) is 14.7 Å². The van der Waals surface area contributed by atoms with Crippen molar-refractivity contribution in [2.24, 2.45) is 0 Å². The molecule has 3 rings (SSSR count). The minimum absolute atomic E-state index is 0.0171. The van der Waals surface area contributed by atoms with Gasteiger partial charge < -0.3 is 4.90 Å². The van der Waals surface area contributed by atoms with Gasteiger partial charge in [0.1, 0.15) is 0 Å². The highest BCUT2D eigenvalue weighted by molar-refractivity contribution is 5.94. The van der Waals surface area contributed by atoms with Crippen molar-refractivity contribution in [3.63, 3.8) is 0 Å². The van der Waals surface area contributed by atoms with Gasteiger partial charge in [-0.3, -0.25) is 9.48 Å². The summed E-state index contributed by atoms with van der Waals surface area (Å²) in [6.45, 7) is 9.90. The molecule has 0 saturated carbocycles. The second kappa shape index (κ2) is 5.27. The number of rotatable bonds is 1. The Labute approximate surface area is 131 Å². The predicted octanol–water partition coefficient (Wildman–Crippen LogP) is 3.15. The summed E-state index contributed by atoms with van der Waals surface area (Å²) in [4.78, 5) is 14.5. The van der Waals surface area contributed by atoms with Crippen LogP contribution in [0.4, 0.5) is 0 Å². The van der Waals surface area contributed by atoms with Crippen LogP contribution in [0, 0.1) is 6.92 Å². The molecule has 4 nitrogen and oxygen atoms in total. The Morgan fingerprint density at radius 2 is 1.86 bits per heavy atom. The second-order valence-corrected chi connectivity index (χ2v) is 7.04. The second-order valence-electron chi connectivity index (χ2n) is 7.04. The average Bonchev–Trinajstić information content (AvgIpc) is 2.90. The molecule has 0 unspecified atom stereocenters. The third kappa shape index (κ3) is 2.65. The predicted molar refractivity (Wildman–Crippen MR) is 86.8 cm³/mol. The lowest BCUT2D eigenvalue weighted by Crippen LogP contribution is -2.37. The highest BCUT2D eigenvalue weighted by atomic mass is 16.2. The Morgan fingerprint density at radius 3 is 2.50 bits per heavy atom. The monoisotopic (exact) mass is 297 g/mol. The molecule has 1 amide bonds. The fourth-order valence-corrected chi connectivity index (χ4v) is 2.96. The van der Waals surface area contributed by atoms with Crippen molar-refractivity contribution >= 4 is 5.91 Å². The lowest BCUT2D eigenvalue weighted by Gasteiger charge is -2.30. The van der Waals surface area contributed by atoms with Crippen molar-refractivity contribution < 1.29 is 4.79 Å². The molecular weight excluding hydrogens is 274 g/mol. The first-order valence-electron chi connectivity index (χ1n) is 7.78. The summed E-state index contributed by atoms with van der Waals surface area (Å²) in [5, 5.41) is 4.53. The van der Waals surface area contributed by atoms with E-state index >= 15 is 0 Å². The zero-order valence-corrected chi connectivity index (χ0v) is 13.8. The number of hydrogen-bond acceptors (Lipinski definition) is 2. The number of aromatic nitrogens is 2. The number of hydrogen-bond donors (Lipinski definition) is 0. The maximum Gasteiger partial charge on any atom is 0.254 e. The highest BCUT2D eigenvalue weighted by Crippen LogP contribution is 2.25. The van der Waals surface area contributed by atoms with Gasteiger partial charge in [-0.15, -0.1) is 0 Å². The van der Waals surface area contributed by atoms with E-state index in [0.717, 1.165) is 18.5 Å². The molecule has 22 heavy (non-hydrogen) atoms. The molecule has 0 N–H and O–H groups in total. The van der Waals surface area contributed by atoms with E-state index in [-0.39, 0.29) is 11.4 Å². The number of amides is 1. The van der Waals surface area contributed by atoms with Crippen LogP contribution in [0.1, 0.15) is 48.0 Å². The first-order chi connectivity index (χ1) is 10.4. The number of aryl methyl sites for hydroxylation is 1. The Balaban J connectivity index is 1.81. The van der Waals surface area contributed by atoms with Gasteiger partial charge in [0.25, 0.3) is 5.91 Å². The van der Waals surface area contributed by atoms with Crippen LogP contribution in [-0.4, -0.2) is 27.1 Å². The zero-order valence-electron chi connectivity index (χ0n) is 13.8. The summed E-state index contributed by atoms with van der Waals surface area (Å²) in [6.07, 6.45) is 2.78. The minimum atomic E-state index is -0.0171. The van der Waals surface area contributed by atoms with Crippen LogP contribution in [0.2, 0.25) is 0 Å². The van der Waals surface area contributed by atoms with Gasteiger partial charge in [0.2, 0.25) is 0 Å². The molecule has 0 fully saturated rings. The van der Waals surface area contributed by atoms with Crippen LogP contribution in [0.25, 0.3) is 0 Å². The summed E-state index contributed by atoms with van der Waals surface area (Å²) in [7, 11) is 0. The van der Waals surface area contributed by atoms with Gasteiger partial charge in [0.15, 0.2) is 0 Å². The smallest absolute Gasteiger partial charge is 0.254 e. The Hall–Kier alpha value is -2.10. The van der Waals surface area contributed by atoms with Gasteiger partial charge in [-0.25, -0.2) is 0 Å². The van der Waals surface area contributed by atoms with Crippen LogP contribution in [0.15, 0.2) is 30.5 Å². The summed E-state index contributed by atoms with van der Waals surface area (Å²) >= 11 is 0. The van der Waals surface area contributed by atoms with Crippen LogP contribution >= 0.6 is 0 Å². The Kier molecular flexibility index (Phi) is 3.55. The maximum absolute atomic E-state index is 12.6. The number of fused-ring (bicyclic) bond motifs is 1. The van der Waals surface area contributed by atoms with Crippen molar-refractivity contribution in [2.75, 3.05) is 6.54 Å². The van der Waals surface area contributed by atoms with Crippen LogP contribution in [0.5, 0.6) is 0 Å². The van der Waals surface area contributed by atoms with E-state index in [2.05, 4.69) is 30.6 Å². The lowest BCUT2D eigenvalue weighted by atomic mass is 10.0. The molecule has 2 aromatic rings. The minimum Gasteiger partial charge on any atom is -0.334 e. The van der Waals surface area contributed by atoms with Crippen LogP contribution in [0.3, 0.4) is 0 Å². The molecule has 0 aliphatic carbocycles. The standard InChI is InChI=1S/C18H23N3O/c1-13-5-7-14(8-6-13)17(22)20-10-9-16-15(12-20)11-19-21(16)18(2,3)4/h5-8,11H,9-10,12H2,1-4H3. The van der Waals surface area contributed by atoms with Crippen molar-refractivity contribution in [3.05, 3.63) is 52.8 Å². The van der Waals surface area contributed by atoms with Gasteiger partial charge in [-0.05, 0) is 39.8 Å². The third-order valence-corrected chi connectivity index (χ3v) is 4.16. The molecule has 0 spiro atoms. The molecule has 1 aliphatic heterocycles. The molecule has 4 heteroatoms. The SMILES string of the molecule is Cc1ccc(C(=O)N2CCc3c(cnn3C(C)(C)C)C2)cc1. The first kappa shape index (κ1) is 14.8. The van der Waals surface area contributed by atoms with E-state index in [1.54, 1.807) is 0 Å². The van der Waals surface area contributed by atoms with E-state index in [0.29, 0.717) is 6.54 Å². The van der Waals surface area contributed by atoms with E-state index in [1.807, 2.05) is 42.3 Å². The summed E-state index contributed by atoms with van der Waals surface area (Å²) < 4.78 is 2.09. The Bertz CT molecular complexity index is 692. The summed E-state index contributed by atoms with van der Waals surface area (Å²) in [5.41, 5.74) is 4.35. The first-order valence-corrected chi connectivity index (χ1v) is 7.78. The summed E-state index contributed by atoms with van der Waals surface area (Å²) in [5.74, 6) is 0.106. The molecule has 2 heterocycles. The van der Waals surface area contributed by atoms with E-state index in [4.69, 9.17) is 0 Å². The largest absolute Gasteiger partial charge is 0.334 e. The lowest BCUT2D eigenvalue weighted by molar-refractivity contribution is 0.0732. The normalized spacial score (nSPS) is 14.8. The number of benzene rings is 1. The molecular formula is C18H23N3O. The van der Waals surface area contributed by atoms with E-state index in [1.165, 1.54) is 16.8 Å². The van der Waals surface area contributed by atoms with Gasteiger partial charge in [0, 0.05) is 36.3 Å². The highest BCUT2D eigenvalue weighted by Gasteiger charge is 2.27. The molecule has 1 aromatic carbocycles. The maximum atomic E-state index is 12.6. The van der Waals surface area contributed by atoms with Gasteiger partial charge in [-0.1, -0.05) is 17.7 Å².